The summed E-state index contributed by atoms with van der Waals surface area (Å²) in [4.78, 5) is 14.1. The van der Waals surface area contributed by atoms with Crippen molar-refractivity contribution in [1.82, 2.24) is 10.2 Å². The summed E-state index contributed by atoms with van der Waals surface area (Å²) in [5.74, 6) is 1.55. The molecule has 1 fully saturated rings. The highest BCUT2D eigenvalue weighted by Gasteiger charge is 2.33. The second-order valence-electron chi connectivity index (χ2n) is 5.25. The molecule has 1 aromatic carbocycles. The van der Waals surface area contributed by atoms with Crippen LogP contribution in [-0.4, -0.2) is 31.0 Å². The number of para-hydroxylation sites is 1. The van der Waals surface area contributed by atoms with E-state index in [9.17, 15) is 4.79 Å². The number of rotatable bonds is 6. The summed E-state index contributed by atoms with van der Waals surface area (Å²) in [7, 11) is 1.67. The zero-order valence-electron chi connectivity index (χ0n) is 12.6. The van der Waals surface area contributed by atoms with Crippen LogP contribution in [0.15, 0.2) is 24.3 Å². The van der Waals surface area contributed by atoms with Crippen molar-refractivity contribution in [3.63, 3.8) is 0 Å². The Bertz CT molecular complexity index is 458. The predicted octanol–water partition coefficient (Wildman–Crippen LogP) is 2.56. The van der Waals surface area contributed by atoms with Crippen LogP contribution < -0.4 is 10.1 Å². The molecule has 1 unspecified atom stereocenters. The van der Waals surface area contributed by atoms with Crippen LogP contribution in [0.5, 0.6) is 5.75 Å². The monoisotopic (exact) mass is 276 g/mol. The van der Waals surface area contributed by atoms with Crippen molar-refractivity contribution in [3.05, 3.63) is 29.8 Å². The summed E-state index contributed by atoms with van der Waals surface area (Å²) in [6.45, 7) is 5.57. The number of nitrogens with zero attached hydrogens (tertiary/aromatic N) is 1. The van der Waals surface area contributed by atoms with Crippen LogP contribution >= 0.6 is 0 Å². The Kier molecular flexibility index (Phi) is 5.01. The zero-order chi connectivity index (χ0) is 14.5. The summed E-state index contributed by atoms with van der Waals surface area (Å²) in [6.07, 6.45) is 2.12. The Hall–Kier alpha value is -1.55. The number of hydrogen-bond acceptors (Lipinski definition) is 3. The third kappa shape index (κ3) is 2.96. The van der Waals surface area contributed by atoms with Crippen LogP contribution in [0.25, 0.3) is 0 Å². The summed E-state index contributed by atoms with van der Waals surface area (Å²) in [6, 6.07) is 7.89. The lowest BCUT2D eigenvalue weighted by molar-refractivity contribution is -0.128. The number of hydrogen-bond donors (Lipinski definition) is 1. The first-order valence-electron chi connectivity index (χ1n) is 7.37. The maximum atomic E-state index is 12.1. The molecule has 0 saturated carbocycles. The van der Waals surface area contributed by atoms with Crippen LogP contribution in [0.4, 0.5) is 0 Å². The molecule has 2 rings (SSSR count). The molecule has 1 aliphatic heterocycles. The van der Waals surface area contributed by atoms with E-state index in [0.717, 1.165) is 30.7 Å². The molecule has 4 nitrogen and oxygen atoms in total. The lowest BCUT2D eigenvalue weighted by Gasteiger charge is -2.29. The van der Waals surface area contributed by atoms with E-state index in [-0.39, 0.29) is 12.1 Å². The molecule has 0 spiro atoms. The topological polar surface area (TPSA) is 41.6 Å². The van der Waals surface area contributed by atoms with Crippen molar-refractivity contribution in [1.29, 1.82) is 0 Å². The molecular weight excluding hydrogens is 252 g/mol. The second-order valence-corrected chi connectivity index (χ2v) is 5.25. The minimum absolute atomic E-state index is 0.0701. The SMILES string of the molecule is CCC(CC)CN1C(=O)CNC1c1ccccc1OC. The van der Waals surface area contributed by atoms with Gasteiger partial charge < -0.3 is 9.64 Å². The Labute approximate surface area is 121 Å². The fourth-order valence-electron chi connectivity index (χ4n) is 2.74. The molecule has 1 saturated heterocycles. The predicted molar refractivity (Wildman–Crippen MR) is 79.5 cm³/mol. The first-order valence-corrected chi connectivity index (χ1v) is 7.37. The van der Waals surface area contributed by atoms with Gasteiger partial charge in [0.2, 0.25) is 5.91 Å². The van der Waals surface area contributed by atoms with Crippen LogP contribution in [0.2, 0.25) is 0 Å². The third-order valence-electron chi connectivity index (χ3n) is 4.12. The minimum atomic E-state index is -0.0701. The second kappa shape index (κ2) is 6.75. The summed E-state index contributed by atoms with van der Waals surface area (Å²) in [5.41, 5.74) is 1.03. The summed E-state index contributed by atoms with van der Waals surface area (Å²) < 4.78 is 5.42. The molecule has 4 heteroatoms. The standard InChI is InChI=1S/C16H24N2O2/c1-4-12(5-2)11-18-15(19)10-17-16(18)13-8-6-7-9-14(13)20-3/h6-9,12,16-17H,4-5,10-11H2,1-3H3. The van der Waals surface area contributed by atoms with Gasteiger partial charge in [-0.1, -0.05) is 44.9 Å². The van der Waals surface area contributed by atoms with E-state index in [1.165, 1.54) is 0 Å². The van der Waals surface area contributed by atoms with Crippen LogP contribution in [-0.2, 0) is 4.79 Å². The van der Waals surface area contributed by atoms with Crippen molar-refractivity contribution in [3.8, 4) is 5.75 Å². The minimum Gasteiger partial charge on any atom is -0.496 e. The van der Waals surface area contributed by atoms with Crippen molar-refractivity contribution < 1.29 is 9.53 Å². The number of methoxy groups -OCH3 is 1. The maximum Gasteiger partial charge on any atom is 0.238 e. The van der Waals surface area contributed by atoms with Crippen LogP contribution in [0.3, 0.4) is 0 Å². The lowest BCUT2D eigenvalue weighted by Crippen LogP contribution is -2.34. The van der Waals surface area contributed by atoms with Gasteiger partial charge in [0.05, 0.1) is 13.7 Å². The van der Waals surface area contributed by atoms with Gasteiger partial charge in [-0.3, -0.25) is 10.1 Å². The van der Waals surface area contributed by atoms with Gasteiger partial charge in [0, 0.05) is 12.1 Å². The van der Waals surface area contributed by atoms with Crippen molar-refractivity contribution >= 4 is 5.91 Å². The number of carbonyl (C=O) groups is 1. The Morgan fingerprint density at radius 1 is 1.35 bits per heavy atom. The molecule has 1 atom stereocenters. The molecule has 1 N–H and O–H groups in total. The van der Waals surface area contributed by atoms with Gasteiger partial charge in [-0.2, -0.15) is 0 Å². The molecule has 0 radical (unpaired) electrons. The van der Waals surface area contributed by atoms with E-state index >= 15 is 0 Å². The van der Waals surface area contributed by atoms with Gasteiger partial charge in [0.1, 0.15) is 11.9 Å². The summed E-state index contributed by atoms with van der Waals surface area (Å²) >= 11 is 0. The average Bonchev–Trinajstić information content (AvgIpc) is 2.85. The first-order chi connectivity index (χ1) is 9.71. The number of benzene rings is 1. The van der Waals surface area contributed by atoms with E-state index in [1.54, 1.807) is 7.11 Å². The quantitative estimate of drug-likeness (QED) is 0.868. The number of amides is 1. The van der Waals surface area contributed by atoms with E-state index in [1.807, 2.05) is 29.2 Å². The van der Waals surface area contributed by atoms with Crippen molar-refractivity contribution in [2.45, 2.75) is 32.9 Å². The molecule has 0 aliphatic carbocycles. The zero-order valence-corrected chi connectivity index (χ0v) is 12.6. The number of carbonyl (C=O) groups excluding carboxylic acids is 1. The van der Waals surface area contributed by atoms with E-state index < -0.39 is 0 Å². The highest BCUT2D eigenvalue weighted by atomic mass is 16.5. The Morgan fingerprint density at radius 3 is 2.70 bits per heavy atom. The average molecular weight is 276 g/mol. The molecule has 1 aromatic rings. The molecule has 1 heterocycles. The Balaban J connectivity index is 2.23. The normalized spacial score (nSPS) is 18.9. The van der Waals surface area contributed by atoms with E-state index in [0.29, 0.717) is 12.5 Å². The third-order valence-corrected chi connectivity index (χ3v) is 4.12. The van der Waals surface area contributed by atoms with Crippen molar-refractivity contribution in [2.24, 2.45) is 5.92 Å². The highest BCUT2D eigenvalue weighted by Crippen LogP contribution is 2.31. The van der Waals surface area contributed by atoms with Gasteiger partial charge in [-0.25, -0.2) is 0 Å². The molecular formula is C16H24N2O2. The van der Waals surface area contributed by atoms with Crippen LogP contribution in [0.1, 0.15) is 38.4 Å². The molecule has 0 bridgehead atoms. The fraction of sp³-hybridized carbons (Fsp3) is 0.562. The van der Waals surface area contributed by atoms with Gasteiger partial charge in [0.25, 0.3) is 0 Å². The molecule has 20 heavy (non-hydrogen) atoms. The molecule has 0 aromatic heterocycles. The first kappa shape index (κ1) is 14.9. The van der Waals surface area contributed by atoms with E-state index in [2.05, 4.69) is 19.2 Å². The lowest BCUT2D eigenvalue weighted by atomic mass is 10.0. The van der Waals surface area contributed by atoms with Gasteiger partial charge in [0.15, 0.2) is 0 Å². The van der Waals surface area contributed by atoms with Gasteiger partial charge in [-0.15, -0.1) is 0 Å². The highest BCUT2D eigenvalue weighted by molar-refractivity contribution is 5.81. The maximum absolute atomic E-state index is 12.1. The van der Waals surface area contributed by atoms with Crippen molar-refractivity contribution in [2.75, 3.05) is 20.2 Å². The number of ether oxygens (including phenoxy) is 1. The smallest absolute Gasteiger partial charge is 0.238 e. The molecule has 1 amide bonds. The van der Waals surface area contributed by atoms with E-state index in [4.69, 9.17) is 4.74 Å². The van der Waals surface area contributed by atoms with Gasteiger partial charge >= 0.3 is 0 Å². The largest absolute Gasteiger partial charge is 0.496 e. The van der Waals surface area contributed by atoms with Gasteiger partial charge in [-0.05, 0) is 12.0 Å². The number of nitrogens with one attached hydrogen (secondary N) is 1. The Morgan fingerprint density at radius 2 is 2.05 bits per heavy atom. The van der Waals surface area contributed by atoms with Crippen LogP contribution in [0, 0.1) is 5.92 Å². The summed E-state index contributed by atoms with van der Waals surface area (Å²) in [5, 5.41) is 3.30. The molecule has 110 valence electrons. The molecule has 1 aliphatic rings. The fourth-order valence-corrected chi connectivity index (χ4v) is 2.74.